The summed E-state index contributed by atoms with van der Waals surface area (Å²) in [6, 6.07) is 12.1. The molecule has 0 bridgehead atoms. The summed E-state index contributed by atoms with van der Waals surface area (Å²) in [6.45, 7) is 9.24. The lowest BCUT2D eigenvalue weighted by atomic mass is 9.89. The van der Waals surface area contributed by atoms with Crippen molar-refractivity contribution >= 4 is 11.8 Å². The Hall–Kier alpha value is -0.510. The second-order valence-electron chi connectivity index (χ2n) is 6.52. The van der Waals surface area contributed by atoms with Crippen LogP contribution in [0.5, 0.6) is 0 Å². The molecule has 2 rings (SSSR count). The Kier molecular flexibility index (Phi) is 6.15. The van der Waals surface area contributed by atoms with E-state index in [-0.39, 0.29) is 5.54 Å². The van der Waals surface area contributed by atoms with Crippen molar-refractivity contribution in [2.24, 2.45) is 0 Å². The molecule has 3 unspecified atom stereocenters. The highest BCUT2D eigenvalue weighted by Crippen LogP contribution is 2.31. The molecule has 1 N–H and O–H groups in total. The van der Waals surface area contributed by atoms with E-state index in [4.69, 9.17) is 0 Å². The van der Waals surface area contributed by atoms with Crippen LogP contribution in [0, 0.1) is 0 Å². The minimum absolute atomic E-state index is 0.249. The van der Waals surface area contributed by atoms with E-state index in [2.05, 4.69) is 67.6 Å². The molecule has 21 heavy (non-hydrogen) atoms. The van der Waals surface area contributed by atoms with Crippen LogP contribution < -0.4 is 5.32 Å². The molecule has 1 aromatic carbocycles. The highest BCUT2D eigenvalue weighted by atomic mass is 32.2. The fourth-order valence-corrected chi connectivity index (χ4v) is 3.74. The Morgan fingerprint density at radius 3 is 2.71 bits per heavy atom. The predicted octanol–water partition coefficient (Wildman–Crippen LogP) is 3.94. The van der Waals surface area contributed by atoms with Crippen molar-refractivity contribution in [3.05, 3.63) is 35.9 Å². The van der Waals surface area contributed by atoms with Gasteiger partial charge in [-0.15, -0.1) is 0 Å². The average Bonchev–Trinajstić information content (AvgIpc) is 2.53. The molecule has 1 fully saturated rings. The second kappa shape index (κ2) is 7.66. The second-order valence-corrected chi connectivity index (χ2v) is 7.51. The molecule has 1 heterocycles. The van der Waals surface area contributed by atoms with Crippen LogP contribution in [-0.4, -0.2) is 41.6 Å². The van der Waals surface area contributed by atoms with Gasteiger partial charge in [0.25, 0.3) is 0 Å². The number of piperazine rings is 1. The molecule has 0 saturated carbocycles. The molecule has 0 aromatic heterocycles. The zero-order valence-corrected chi connectivity index (χ0v) is 14.7. The summed E-state index contributed by atoms with van der Waals surface area (Å²) in [4.78, 5) is 2.73. The number of hydrogen-bond acceptors (Lipinski definition) is 3. The molecule has 0 amide bonds. The maximum atomic E-state index is 3.79. The molecule has 0 aliphatic carbocycles. The molecule has 1 aliphatic rings. The topological polar surface area (TPSA) is 15.3 Å². The lowest BCUT2D eigenvalue weighted by molar-refractivity contribution is 0.0501. The fourth-order valence-electron chi connectivity index (χ4n) is 3.17. The van der Waals surface area contributed by atoms with Gasteiger partial charge < -0.3 is 5.32 Å². The molecule has 2 nitrogen and oxygen atoms in total. The maximum absolute atomic E-state index is 3.79. The van der Waals surface area contributed by atoms with Gasteiger partial charge in [-0.25, -0.2) is 0 Å². The van der Waals surface area contributed by atoms with Crippen molar-refractivity contribution in [1.82, 2.24) is 10.2 Å². The van der Waals surface area contributed by atoms with Gasteiger partial charge in [0.1, 0.15) is 0 Å². The Morgan fingerprint density at radius 2 is 2.10 bits per heavy atom. The quantitative estimate of drug-likeness (QED) is 0.857. The monoisotopic (exact) mass is 306 g/mol. The first-order valence-corrected chi connectivity index (χ1v) is 9.53. The molecule has 1 saturated heterocycles. The molecular formula is C18H30N2S. The lowest BCUT2D eigenvalue weighted by Gasteiger charge is -2.48. The first-order valence-electron chi connectivity index (χ1n) is 8.14. The zero-order chi connectivity index (χ0) is 15.3. The molecule has 1 aromatic rings. The van der Waals surface area contributed by atoms with Crippen LogP contribution >= 0.6 is 11.8 Å². The van der Waals surface area contributed by atoms with Gasteiger partial charge in [0.2, 0.25) is 0 Å². The standard InChI is InChI=1S/C18H30N2S/c1-5-18(3)14-20(15(2)11-12-21-4)17(13-19-18)16-9-7-6-8-10-16/h6-10,15,17,19H,5,11-14H2,1-4H3. The number of thioether (sulfide) groups is 1. The van der Waals surface area contributed by atoms with Crippen molar-refractivity contribution in [1.29, 1.82) is 0 Å². The lowest BCUT2D eigenvalue weighted by Crippen LogP contribution is -2.61. The molecule has 3 atom stereocenters. The van der Waals surface area contributed by atoms with Crippen LogP contribution in [0.3, 0.4) is 0 Å². The first-order chi connectivity index (χ1) is 10.1. The summed E-state index contributed by atoms with van der Waals surface area (Å²) in [5, 5.41) is 3.79. The molecule has 0 spiro atoms. The van der Waals surface area contributed by atoms with Crippen LogP contribution in [-0.2, 0) is 0 Å². The third-order valence-electron chi connectivity index (χ3n) is 4.92. The third-order valence-corrected chi connectivity index (χ3v) is 5.57. The van der Waals surface area contributed by atoms with Gasteiger partial charge in [-0.1, -0.05) is 37.3 Å². The van der Waals surface area contributed by atoms with Gasteiger partial charge in [0.15, 0.2) is 0 Å². The van der Waals surface area contributed by atoms with Gasteiger partial charge in [-0.2, -0.15) is 11.8 Å². The first kappa shape index (κ1) is 16.9. The zero-order valence-electron chi connectivity index (χ0n) is 13.9. The van der Waals surface area contributed by atoms with Crippen molar-refractivity contribution < 1.29 is 0 Å². The summed E-state index contributed by atoms with van der Waals surface area (Å²) < 4.78 is 0. The number of nitrogens with zero attached hydrogens (tertiary/aromatic N) is 1. The van der Waals surface area contributed by atoms with E-state index < -0.39 is 0 Å². The summed E-state index contributed by atoms with van der Waals surface area (Å²) in [5.74, 6) is 1.25. The maximum Gasteiger partial charge on any atom is 0.0476 e. The van der Waals surface area contributed by atoms with Gasteiger partial charge in [-0.05, 0) is 44.3 Å². The Morgan fingerprint density at radius 1 is 1.38 bits per heavy atom. The normalized spacial score (nSPS) is 28.5. The number of hydrogen-bond donors (Lipinski definition) is 1. The summed E-state index contributed by atoms with van der Waals surface area (Å²) >= 11 is 1.95. The molecule has 118 valence electrons. The minimum atomic E-state index is 0.249. The van der Waals surface area contributed by atoms with Crippen LogP contribution in [0.2, 0.25) is 0 Å². The van der Waals surface area contributed by atoms with Gasteiger partial charge in [-0.3, -0.25) is 4.90 Å². The molecule has 1 aliphatic heterocycles. The van der Waals surface area contributed by atoms with Gasteiger partial charge >= 0.3 is 0 Å². The molecule has 0 radical (unpaired) electrons. The van der Waals surface area contributed by atoms with Crippen LogP contribution in [0.15, 0.2) is 30.3 Å². The Labute approximate surface area is 134 Å². The van der Waals surface area contributed by atoms with Crippen molar-refractivity contribution in [2.75, 3.05) is 25.1 Å². The number of nitrogens with one attached hydrogen (secondary N) is 1. The summed E-state index contributed by atoms with van der Waals surface area (Å²) in [7, 11) is 0. The smallest absolute Gasteiger partial charge is 0.0476 e. The van der Waals surface area contributed by atoms with Gasteiger partial charge in [0.05, 0.1) is 0 Å². The molecule has 3 heteroatoms. The fraction of sp³-hybridized carbons (Fsp3) is 0.667. The minimum Gasteiger partial charge on any atom is -0.308 e. The van der Waals surface area contributed by atoms with Crippen molar-refractivity contribution in [2.45, 2.75) is 51.2 Å². The van der Waals surface area contributed by atoms with Crippen LogP contribution in [0.4, 0.5) is 0 Å². The van der Waals surface area contributed by atoms with E-state index >= 15 is 0 Å². The SMILES string of the molecule is CCC1(C)CN(C(C)CCSC)C(c2ccccc2)CN1. The van der Waals surface area contributed by atoms with E-state index in [1.165, 1.54) is 24.2 Å². The highest BCUT2D eigenvalue weighted by Gasteiger charge is 2.37. The molecular weight excluding hydrogens is 276 g/mol. The van der Waals surface area contributed by atoms with Crippen LogP contribution in [0.1, 0.15) is 45.2 Å². The van der Waals surface area contributed by atoms with E-state index in [0.717, 1.165) is 13.1 Å². The van der Waals surface area contributed by atoms with E-state index in [1.807, 2.05) is 11.8 Å². The van der Waals surface area contributed by atoms with E-state index in [9.17, 15) is 0 Å². The van der Waals surface area contributed by atoms with Crippen molar-refractivity contribution in [3.8, 4) is 0 Å². The largest absolute Gasteiger partial charge is 0.308 e. The highest BCUT2D eigenvalue weighted by molar-refractivity contribution is 7.98. The van der Waals surface area contributed by atoms with Crippen LogP contribution in [0.25, 0.3) is 0 Å². The summed E-state index contributed by atoms with van der Waals surface area (Å²) in [5.41, 5.74) is 1.69. The van der Waals surface area contributed by atoms with Gasteiger partial charge in [0, 0.05) is 30.7 Å². The third kappa shape index (κ3) is 4.24. The summed E-state index contributed by atoms with van der Waals surface area (Å²) in [6.07, 6.45) is 4.65. The Balaban J connectivity index is 2.18. The van der Waals surface area contributed by atoms with E-state index in [0.29, 0.717) is 12.1 Å². The Bertz CT molecular complexity index is 422. The van der Waals surface area contributed by atoms with E-state index in [1.54, 1.807) is 0 Å². The number of benzene rings is 1. The van der Waals surface area contributed by atoms with Crippen molar-refractivity contribution in [3.63, 3.8) is 0 Å². The predicted molar refractivity (Wildman–Crippen MR) is 95.0 cm³/mol. The average molecular weight is 307 g/mol. The number of rotatable bonds is 6.